The van der Waals surface area contributed by atoms with E-state index in [2.05, 4.69) is 0 Å². The van der Waals surface area contributed by atoms with E-state index in [-0.39, 0.29) is 0 Å². The fourth-order valence-corrected chi connectivity index (χ4v) is 0.358. The first-order valence-corrected chi connectivity index (χ1v) is 2.86. The van der Waals surface area contributed by atoms with Crippen LogP contribution < -0.4 is 0 Å². The van der Waals surface area contributed by atoms with E-state index in [4.69, 9.17) is 10.4 Å². The summed E-state index contributed by atoms with van der Waals surface area (Å²) in [5.41, 5.74) is 0. The summed E-state index contributed by atoms with van der Waals surface area (Å²) in [5.74, 6) is -1.54. The van der Waals surface area contributed by atoms with Crippen LogP contribution in [-0.2, 0) is 9.59 Å². The molecule has 0 aromatic rings. The minimum Gasteiger partial charge on any atom is -0.286 e. The van der Waals surface area contributed by atoms with Gasteiger partial charge < -0.3 is 0 Å². The Morgan fingerprint density at radius 1 is 1.09 bits per heavy atom. The Morgan fingerprint density at radius 2 is 1.36 bits per heavy atom. The highest BCUT2D eigenvalue weighted by Gasteiger charge is 2.14. The number of nitrogens with zero attached hydrogens (tertiary/aromatic N) is 2. The fourth-order valence-electron chi connectivity index (χ4n) is 0.358. The highest BCUT2D eigenvalue weighted by molar-refractivity contribution is 5.95. The smallest absolute Gasteiger partial charge is 0.255 e. The molecule has 0 saturated carbocycles. The minimum atomic E-state index is -0.768. The summed E-state index contributed by atoms with van der Waals surface area (Å²) in [6.45, 7) is 0. The Labute approximate surface area is 63.5 Å². The summed E-state index contributed by atoms with van der Waals surface area (Å²) in [5, 5.41) is 17.6. The highest BCUT2D eigenvalue weighted by atomic mass is 16.5. The van der Waals surface area contributed by atoms with Gasteiger partial charge in [-0.25, -0.2) is 10.1 Å². The van der Waals surface area contributed by atoms with Crippen molar-refractivity contribution in [3.05, 3.63) is 0 Å². The van der Waals surface area contributed by atoms with E-state index in [0.29, 0.717) is 10.1 Å². The van der Waals surface area contributed by atoms with E-state index in [1.54, 1.807) is 0 Å². The van der Waals surface area contributed by atoms with Gasteiger partial charge in [0.05, 0.1) is 0 Å². The average molecular weight is 162 g/mol. The monoisotopic (exact) mass is 162 g/mol. The summed E-state index contributed by atoms with van der Waals surface area (Å²) in [7, 11) is 2.21. The summed E-state index contributed by atoms with van der Waals surface area (Å²) in [6, 6.07) is 0. The van der Waals surface area contributed by atoms with E-state index in [0.717, 1.165) is 14.1 Å². The normalized spacial score (nSPS) is 9.09. The second-order valence-corrected chi connectivity index (χ2v) is 2.01. The molecular weight excluding hydrogens is 152 g/mol. The summed E-state index contributed by atoms with van der Waals surface area (Å²) in [4.78, 5) is 21.2. The van der Waals surface area contributed by atoms with Crippen molar-refractivity contribution in [1.82, 2.24) is 10.1 Å². The molecule has 0 heterocycles. The van der Waals surface area contributed by atoms with Crippen LogP contribution in [0.4, 0.5) is 0 Å². The van der Waals surface area contributed by atoms with Crippen LogP contribution in [0.2, 0.25) is 0 Å². The van der Waals surface area contributed by atoms with E-state index in [1.165, 1.54) is 0 Å². The number of rotatable bonds is 2. The topological polar surface area (TPSA) is 81.1 Å². The van der Waals surface area contributed by atoms with E-state index < -0.39 is 18.2 Å². The van der Waals surface area contributed by atoms with Crippen molar-refractivity contribution < 1.29 is 20.0 Å². The lowest BCUT2D eigenvalue weighted by Gasteiger charge is -2.10. The van der Waals surface area contributed by atoms with E-state index in [9.17, 15) is 9.59 Å². The average Bonchev–Trinajstić information content (AvgIpc) is 1.87. The molecule has 2 amide bonds. The van der Waals surface area contributed by atoms with Crippen molar-refractivity contribution in [3.8, 4) is 0 Å². The maximum absolute atomic E-state index is 10.6. The number of carbonyl (C=O) groups is 2. The fraction of sp³-hybridized carbons (Fsp3) is 0.600. The van der Waals surface area contributed by atoms with Crippen LogP contribution in [0, 0.1) is 0 Å². The Bertz CT molecular complexity index is 148. The lowest BCUT2D eigenvalue weighted by atomic mass is 10.4. The molecule has 0 atom stereocenters. The van der Waals surface area contributed by atoms with Crippen molar-refractivity contribution in [2.24, 2.45) is 0 Å². The third-order valence-electron chi connectivity index (χ3n) is 1.02. The van der Waals surface area contributed by atoms with Crippen molar-refractivity contribution in [2.45, 2.75) is 6.42 Å². The predicted octanol–water partition coefficient (Wildman–Crippen LogP) is -0.928. The molecule has 0 aliphatic heterocycles. The van der Waals surface area contributed by atoms with Gasteiger partial charge in [0.1, 0.15) is 6.42 Å². The maximum Gasteiger partial charge on any atom is 0.255 e. The molecule has 0 rings (SSSR count). The van der Waals surface area contributed by atoms with E-state index >= 15 is 0 Å². The second kappa shape index (κ2) is 3.89. The lowest BCUT2D eigenvalue weighted by molar-refractivity contribution is -0.171. The molecule has 0 spiro atoms. The molecule has 0 radical (unpaired) electrons. The molecule has 64 valence electrons. The Morgan fingerprint density at radius 3 is 1.55 bits per heavy atom. The molecule has 0 aromatic heterocycles. The van der Waals surface area contributed by atoms with Gasteiger partial charge in [0.15, 0.2) is 0 Å². The van der Waals surface area contributed by atoms with Gasteiger partial charge in [-0.05, 0) is 0 Å². The van der Waals surface area contributed by atoms with Gasteiger partial charge in [-0.3, -0.25) is 20.0 Å². The van der Waals surface area contributed by atoms with Gasteiger partial charge in [-0.1, -0.05) is 0 Å². The minimum absolute atomic E-state index is 0.293. The lowest BCUT2D eigenvalue weighted by Crippen LogP contribution is -2.31. The number of hydroxylamine groups is 4. The van der Waals surface area contributed by atoms with Crippen LogP contribution in [0.1, 0.15) is 6.42 Å². The van der Waals surface area contributed by atoms with Crippen LogP contribution in [0.15, 0.2) is 0 Å². The largest absolute Gasteiger partial charge is 0.286 e. The summed E-state index contributed by atoms with van der Waals surface area (Å²) >= 11 is 0. The molecule has 0 aliphatic carbocycles. The molecule has 0 unspecified atom stereocenters. The van der Waals surface area contributed by atoms with Crippen molar-refractivity contribution in [3.63, 3.8) is 0 Å². The first-order chi connectivity index (χ1) is 4.95. The SMILES string of the molecule is CN(O)C(=O)CC(=O)N(C)O. The van der Waals surface area contributed by atoms with Crippen LogP contribution in [0.25, 0.3) is 0 Å². The molecule has 0 bridgehead atoms. The van der Waals surface area contributed by atoms with Crippen molar-refractivity contribution in [2.75, 3.05) is 14.1 Å². The molecule has 0 aliphatic rings. The molecule has 0 aromatic carbocycles. The number of hydrogen-bond acceptors (Lipinski definition) is 4. The second-order valence-electron chi connectivity index (χ2n) is 2.01. The molecule has 6 heteroatoms. The van der Waals surface area contributed by atoms with Gasteiger partial charge in [0, 0.05) is 14.1 Å². The molecule has 0 saturated heterocycles. The molecule has 2 N–H and O–H groups in total. The van der Waals surface area contributed by atoms with Crippen LogP contribution in [-0.4, -0.2) is 46.5 Å². The van der Waals surface area contributed by atoms with Gasteiger partial charge in [0.25, 0.3) is 11.8 Å². The number of carbonyl (C=O) groups excluding carboxylic acids is 2. The first-order valence-electron chi connectivity index (χ1n) is 2.86. The zero-order valence-electron chi connectivity index (χ0n) is 6.31. The molecule has 11 heavy (non-hydrogen) atoms. The van der Waals surface area contributed by atoms with Gasteiger partial charge >= 0.3 is 0 Å². The highest BCUT2D eigenvalue weighted by Crippen LogP contribution is 1.90. The standard InChI is InChI=1S/C5H10N2O4/c1-6(10)4(8)3-5(9)7(2)11/h10-11H,3H2,1-2H3. The first kappa shape index (κ1) is 9.86. The van der Waals surface area contributed by atoms with Gasteiger partial charge in [-0.15, -0.1) is 0 Å². The van der Waals surface area contributed by atoms with Crippen LogP contribution in [0.3, 0.4) is 0 Å². The Balaban J connectivity index is 3.86. The van der Waals surface area contributed by atoms with E-state index in [1.807, 2.05) is 0 Å². The molecular formula is C5H10N2O4. The number of amides is 2. The predicted molar refractivity (Wildman–Crippen MR) is 33.7 cm³/mol. The quantitative estimate of drug-likeness (QED) is 0.312. The van der Waals surface area contributed by atoms with Gasteiger partial charge in [-0.2, -0.15) is 0 Å². The Kier molecular flexibility index (Phi) is 3.49. The Hall–Kier alpha value is -1.14. The van der Waals surface area contributed by atoms with Crippen LogP contribution >= 0.6 is 0 Å². The van der Waals surface area contributed by atoms with Crippen molar-refractivity contribution >= 4 is 11.8 Å². The third-order valence-corrected chi connectivity index (χ3v) is 1.02. The van der Waals surface area contributed by atoms with Crippen molar-refractivity contribution in [1.29, 1.82) is 0 Å². The zero-order chi connectivity index (χ0) is 9.02. The molecule has 6 nitrogen and oxygen atoms in total. The summed E-state index contributed by atoms with van der Waals surface area (Å²) < 4.78 is 0. The van der Waals surface area contributed by atoms with Crippen LogP contribution in [0.5, 0.6) is 0 Å². The zero-order valence-corrected chi connectivity index (χ0v) is 6.31. The maximum atomic E-state index is 10.6. The van der Waals surface area contributed by atoms with Gasteiger partial charge in [0.2, 0.25) is 0 Å². The number of hydrogen-bond donors (Lipinski definition) is 2. The molecule has 0 fully saturated rings. The third kappa shape index (κ3) is 3.54. The summed E-state index contributed by atoms with van der Waals surface area (Å²) in [6.07, 6.45) is -0.542.